The van der Waals surface area contributed by atoms with Crippen LogP contribution in [0.5, 0.6) is 0 Å². The van der Waals surface area contributed by atoms with Crippen LogP contribution in [0.4, 0.5) is 5.82 Å². The van der Waals surface area contributed by atoms with Crippen molar-refractivity contribution >= 4 is 15.8 Å². The Hall–Kier alpha value is -1.12. The van der Waals surface area contributed by atoms with Gasteiger partial charge in [-0.05, 0) is 13.3 Å². The molecule has 8 heteroatoms. The summed E-state index contributed by atoms with van der Waals surface area (Å²) in [5, 5.41) is 3.88. The van der Waals surface area contributed by atoms with Gasteiger partial charge in [0.05, 0.1) is 12.3 Å². The first-order valence-corrected chi connectivity index (χ1v) is 6.33. The number of sulfonamides is 1. The molecule has 0 atom stereocenters. The predicted molar refractivity (Wildman–Crippen MR) is 56.8 cm³/mol. The number of anilines is 1. The SMILES string of the molecule is Cc1c(S(=O)(=O)N2CCCO2)c(N)nn1C. The Kier molecular flexibility index (Phi) is 2.64. The van der Waals surface area contributed by atoms with Gasteiger partial charge in [-0.1, -0.05) is 4.47 Å². The van der Waals surface area contributed by atoms with E-state index in [4.69, 9.17) is 10.6 Å². The zero-order chi connectivity index (χ0) is 11.9. The Bertz CT molecular complexity index is 502. The fourth-order valence-corrected chi connectivity index (χ4v) is 3.25. The molecule has 2 heterocycles. The molecule has 7 nitrogen and oxygen atoms in total. The highest BCUT2D eigenvalue weighted by atomic mass is 32.2. The third-order valence-electron chi connectivity index (χ3n) is 2.55. The molecule has 2 N–H and O–H groups in total. The molecule has 1 fully saturated rings. The minimum absolute atomic E-state index is 0.00972. The highest BCUT2D eigenvalue weighted by Crippen LogP contribution is 2.26. The number of aryl methyl sites for hydroxylation is 1. The van der Waals surface area contributed by atoms with Crippen LogP contribution in [0, 0.1) is 6.92 Å². The van der Waals surface area contributed by atoms with E-state index in [2.05, 4.69) is 5.10 Å². The van der Waals surface area contributed by atoms with Gasteiger partial charge in [0.15, 0.2) is 5.82 Å². The topological polar surface area (TPSA) is 90.4 Å². The quantitative estimate of drug-likeness (QED) is 0.769. The molecule has 16 heavy (non-hydrogen) atoms. The van der Waals surface area contributed by atoms with Gasteiger partial charge in [-0.2, -0.15) is 5.10 Å². The average Bonchev–Trinajstić information content (AvgIpc) is 2.76. The van der Waals surface area contributed by atoms with Gasteiger partial charge in [-0.15, -0.1) is 0 Å². The van der Waals surface area contributed by atoms with Crippen molar-refractivity contribution in [3.63, 3.8) is 0 Å². The van der Waals surface area contributed by atoms with E-state index >= 15 is 0 Å². The normalized spacial score (nSPS) is 18.1. The summed E-state index contributed by atoms with van der Waals surface area (Å²) in [5.74, 6) is 0.00972. The number of hydroxylamine groups is 1. The molecule has 0 amide bonds. The van der Waals surface area contributed by atoms with Crippen LogP contribution < -0.4 is 5.73 Å². The van der Waals surface area contributed by atoms with Crippen molar-refractivity contribution in [3.8, 4) is 0 Å². The van der Waals surface area contributed by atoms with E-state index in [0.29, 0.717) is 25.3 Å². The third kappa shape index (κ3) is 1.58. The molecule has 0 saturated carbocycles. The summed E-state index contributed by atoms with van der Waals surface area (Å²) in [6.07, 6.45) is 0.693. The molecule has 1 aromatic heterocycles. The number of nitrogens with two attached hydrogens (primary N) is 1. The van der Waals surface area contributed by atoms with Gasteiger partial charge in [0.1, 0.15) is 4.90 Å². The van der Waals surface area contributed by atoms with Gasteiger partial charge in [0.25, 0.3) is 10.0 Å². The molecule has 0 radical (unpaired) electrons. The number of hydrogen-bond donors (Lipinski definition) is 1. The summed E-state index contributed by atoms with van der Waals surface area (Å²) in [5.41, 5.74) is 6.11. The van der Waals surface area contributed by atoms with Crippen molar-refractivity contribution in [2.75, 3.05) is 18.9 Å². The fraction of sp³-hybridized carbons (Fsp3) is 0.625. The van der Waals surface area contributed by atoms with Crippen molar-refractivity contribution in [3.05, 3.63) is 5.69 Å². The standard InChI is InChI=1S/C8H14N4O3S/c1-6-7(8(9)10-11(6)2)16(13,14)12-4-3-5-15-12/h3-5H2,1-2H3,(H2,9,10). The average molecular weight is 246 g/mol. The van der Waals surface area contributed by atoms with Crippen LogP contribution in [-0.4, -0.2) is 35.8 Å². The minimum atomic E-state index is -3.68. The lowest BCUT2D eigenvalue weighted by Crippen LogP contribution is -2.27. The van der Waals surface area contributed by atoms with Gasteiger partial charge in [-0.3, -0.25) is 9.52 Å². The Labute approximate surface area is 93.8 Å². The molecule has 1 aliphatic heterocycles. The molecule has 0 aliphatic carbocycles. The van der Waals surface area contributed by atoms with Gasteiger partial charge in [0, 0.05) is 13.6 Å². The maximum absolute atomic E-state index is 12.2. The summed E-state index contributed by atoms with van der Waals surface area (Å²) in [6, 6.07) is 0. The highest BCUT2D eigenvalue weighted by Gasteiger charge is 2.34. The first-order valence-electron chi connectivity index (χ1n) is 4.89. The molecule has 1 aromatic rings. The van der Waals surface area contributed by atoms with E-state index in [1.807, 2.05) is 0 Å². The van der Waals surface area contributed by atoms with Crippen LogP contribution in [0.25, 0.3) is 0 Å². The number of hydrogen-bond acceptors (Lipinski definition) is 5. The van der Waals surface area contributed by atoms with E-state index in [0.717, 1.165) is 4.47 Å². The molecule has 90 valence electrons. The zero-order valence-electron chi connectivity index (χ0n) is 9.17. The second-order valence-electron chi connectivity index (χ2n) is 3.64. The monoisotopic (exact) mass is 246 g/mol. The first-order chi connectivity index (χ1) is 7.44. The predicted octanol–water partition coefficient (Wildman–Crippen LogP) is -0.363. The molecule has 2 rings (SSSR count). The summed E-state index contributed by atoms with van der Waals surface area (Å²) < 4.78 is 26.7. The molecule has 0 spiro atoms. The van der Waals surface area contributed by atoms with Crippen LogP contribution in [-0.2, 0) is 21.9 Å². The fourth-order valence-electron chi connectivity index (χ4n) is 1.65. The smallest absolute Gasteiger partial charge is 0.270 e. The summed E-state index contributed by atoms with van der Waals surface area (Å²) in [4.78, 5) is 5.08. The van der Waals surface area contributed by atoms with Gasteiger partial charge in [0.2, 0.25) is 0 Å². The number of nitrogens with zero attached hydrogens (tertiary/aromatic N) is 3. The van der Waals surface area contributed by atoms with Gasteiger partial charge < -0.3 is 5.73 Å². The van der Waals surface area contributed by atoms with Crippen LogP contribution in [0.2, 0.25) is 0 Å². The largest absolute Gasteiger partial charge is 0.381 e. The number of rotatable bonds is 2. The van der Waals surface area contributed by atoms with Crippen molar-refractivity contribution in [2.24, 2.45) is 7.05 Å². The van der Waals surface area contributed by atoms with Crippen LogP contribution in [0.15, 0.2) is 4.90 Å². The molecule has 0 bridgehead atoms. The van der Waals surface area contributed by atoms with E-state index < -0.39 is 10.0 Å². The Morgan fingerprint density at radius 1 is 1.50 bits per heavy atom. The summed E-state index contributed by atoms with van der Waals surface area (Å²) >= 11 is 0. The number of aromatic nitrogens is 2. The molecule has 0 aromatic carbocycles. The second-order valence-corrected chi connectivity index (χ2v) is 5.41. The molecular formula is C8H14N4O3S. The Morgan fingerprint density at radius 2 is 2.19 bits per heavy atom. The second kappa shape index (κ2) is 3.72. The lowest BCUT2D eigenvalue weighted by molar-refractivity contribution is -0.0284. The number of nitrogen functional groups attached to an aromatic ring is 1. The van der Waals surface area contributed by atoms with Crippen LogP contribution in [0.1, 0.15) is 12.1 Å². The van der Waals surface area contributed by atoms with Crippen molar-refractivity contribution in [1.82, 2.24) is 14.2 Å². The molecule has 0 unspecified atom stereocenters. The van der Waals surface area contributed by atoms with Crippen LogP contribution >= 0.6 is 0 Å². The van der Waals surface area contributed by atoms with E-state index in [1.165, 1.54) is 4.68 Å². The third-order valence-corrected chi connectivity index (χ3v) is 4.40. The molecule has 1 saturated heterocycles. The Balaban J connectivity index is 2.50. The summed E-state index contributed by atoms with van der Waals surface area (Å²) in [6.45, 7) is 2.43. The van der Waals surface area contributed by atoms with Gasteiger partial charge >= 0.3 is 0 Å². The molecule has 1 aliphatic rings. The lowest BCUT2D eigenvalue weighted by Gasteiger charge is -2.13. The lowest BCUT2D eigenvalue weighted by atomic mass is 10.5. The molecular weight excluding hydrogens is 232 g/mol. The van der Waals surface area contributed by atoms with Gasteiger partial charge in [-0.25, -0.2) is 8.42 Å². The highest BCUT2D eigenvalue weighted by molar-refractivity contribution is 7.89. The van der Waals surface area contributed by atoms with Crippen molar-refractivity contribution < 1.29 is 13.3 Å². The maximum atomic E-state index is 12.2. The van der Waals surface area contributed by atoms with E-state index in [1.54, 1.807) is 14.0 Å². The van der Waals surface area contributed by atoms with Crippen molar-refractivity contribution in [2.45, 2.75) is 18.2 Å². The van der Waals surface area contributed by atoms with E-state index in [-0.39, 0.29) is 10.7 Å². The zero-order valence-corrected chi connectivity index (χ0v) is 9.99. The van der Waals surface area contributed by atoms with E-state index in [9.17, 15) is 8.42 Å². The van der Waals surface area contributed by atoms with Crippen LogP contribution in [0.3, 0.4) is 0 Å². The Morgan fingerprint density at radius 3 is 2.62 bits per heavy atom. The first kappa shape index (κ1) is 11.4. The van der Waals surface area contributed by atoms with Crippen molar-refractivity contribution in [1.29, 1.82) is 0 Å². The minimum Gasteiger partial charge on any atom is -0.381 e. The summed E-state index contributed by atoms with van der Waals surface area (Å²) in [7, 11) is -2.03. The maximum Gasteiger partial charge on any atom is 0.270 e.